The average Bonchev–Trinajstić information content (AvgIpc) is 3.46. The summed E-state index contributed by atoms with van der Waals surface area (Å²) in [5.41, 5.74) is 8.64. The van der Waals surface area contributed by atoms with Gasteiger partial charge < -0.3 is 25.4 Å². The minimum Gasteiger partial charge on any atom is -0.507 e. The Balaban J connectivity index is 1.68. The molecule has 4 aromatic rings. The first kappa shape index (κ1) is 20.4. The van der Waals surface area contributed by atoms with Gasteiger partial charge >= 0.3 is 0 Å². The highest BCUT2D eigenvalue weighted by Gasteiger charge is 2.23. The summed E-state index contributed by atoms with van der Waals surface area (Å²) in [6, 6.07) is 15.4. The van der Waals surface area contributed by atoms with Gasteiger partial charge in [0, 0.05) is 23.7 Å². The van der Waals surface area contributed by atoms with Gasteiger partial charge in [0.25, 0.3) is 5.91 Å². The van der Waals surface area contributed by atoms with Gasteiger partial charge in [-0.25, -0.2) is 0 Å². The Hall–Kier alpha value is -4.53. The molecule has 1 aliphatic rings. The van der Waals surface area contributed by atoms with Crippen molar-refractivity contribution in [2.24, 2.45) is 5.73 Å². The first-order valence-electron chi connectivity index (χ1n) is 10.2. The number of carbonyl (C=O) groups excluding carboxylic acids is 1. The molecule has 1 aromatic heterocycles. The predicted octanol–water partition coefficient (Wildman–Crippen LogP) is 3.05. The molecule has 1 amide bonds. The topological polar surface area (TPSA) is 133 Å². The van der Waals surface area contributed by atoms with E-state index >= 15 is 0 Å². The highest BCUT2D eigenvalue weighted by molar-refractivity contribution is 5.91. The molecule has 33 heavy (non-hydrogen) atoms. The first-order valence-corrected chi connectivity index (χ1v) is 10.2. The second-order valence-electron chi connectivity index (χ2n) is 7.55. The third-order valence-electron chi connectivity index (χ3n) is 5.57. The molecule has 0 spiro atoms. The Kier molecular flexibility index (Phi) is 4.86. The number of phenolic OH excluding ortho intramolecular Hbond substituents is 2. The third-order valence-corrected chi connectivity index (χ3v) is 5.57. The smallest absolute Gasteiger partial charge is 0.287 e. The third kappa shape index (κ3) is 3.49. The van der Waals surface area contributed by atoms with E-state index in [9.17, 15) is 15.0 Å². The average molecular weight is 444 g/mol. The van der Waals surface area contributed by atoms with Crippen LogP contribution in [0.4, 0.5) is 0 Å². The molecular weight excluding hydrogens is 424 g/mol. The summed E-state index contributed by atoms with van der Waals surface area (Å²) in [5, 5.41) is 29.3. The van der Waals surface area contributed by atoms with Crippen molar-refractivity contribution in [1.29, 1.82) is 0 Å². The molecule has 1 aliphatic heterocycles. The van der Waals surface area contributed by atoms with Gasteiger partial charge in [-0.2, -0.15) is 0 Å². The van der Waals surface area contributed by atoms with Crippen molar-refractivity contribution in [2.75, 3.05) is 13.7 Å². The number of rotatable bonds is 5. The number of fused-ring (bicyclic) bond motifs is 1. The lowest BCUT2D eigenvalue weighted by Gasteiger charge is -2.13. The van der Waals surface area contributed by atoms with Crippen molar-refractivity contribution in [3.8, 4) is 51.2 Å². The summed E-state index contributed by atoms with van der Waals surface area (Å²) < 4.78 is 12.2. The molecule has 5 rings (SSSR count). The summed E-state index contributed by atoms with van der Waals surface area (Å²) in [4.78, 5) is 12.1. The standard InChI is InChI=1S/C24H20N4O5/c1-32-16-5-3-15(4-6-16)28-23(26-27-24(28)22(25)31)18-11-17(19(29)12-20(18)30)13-2-7-21-14(10-13)8-9-33-21/h2-7,10-12,29-30H,8-9H2,1H3,(H2,25,31). The molecule has 166 valence electrons. The second-order valence-corrected chi connectivity index (χ2v) is 7.55. The fourth-order valence-corrected chi connectivity index (χ4v) is 3.94. The Labute approximate surface area is 188 Å². The van der Waals surface area contributed by atoms with Gasteiger partial charge in [0.2, 0.25) is 5.82 Å². The minimum absolute atomic E-state index is 0.0965. The molecular formula is C24H20N4O5. The summed E-state index contributed by atoms with van der Waals surface area (Å²) in [7, 11) is 1.55. The maximum Gasteiger partial charge on any atom is 0.287 e. The fraction of sp³-hybridized carbons (Fsp3) is 0.125. The monoisotopic (exact) mass is 444 g/mol. The van der Waals surface area contributed by atoms with Crippen LogP contribution in [0.25, 0.3) is 28.2 Å². The van der Waals surface area contributed by atoms with Crippen LogP contribution >= 0.6 is 0 Å². The Morgan fingerprint density at radius 1 is 1.03 bits per heavy atom. The number of carbonyl (C=O) groups is 1. The van der Waals surface area contributed by atoms with Crippen molar-refractivity contribution >= 4 is 5.91 Å². The van der Waals surface area contributed by atoms with E-state index in [2.05, 4.69) is 10.2 Å². The molecule has 0 atom stereocenters. The lowest BCUT2D eigenvalue weighted by molar-refractivity contribution is 0.0988. The van der Waals surface area contributed by atoms with Crippen LogP contribution in [0.5, 0.6) is 23.0 Å². The van der Waals surface area contributed by atoms with Crippen molar-refractivity contribution in [1.82, 2.24) is 14.8 Å². The number of methoxy groups -OCH3 is 1. The fourth-order valence-electron chi connectivity index (χ4n) is 3.94. The molecule has 9 heteroatoms. The molecule has 0 bridgehead atoms. The van der Waals surface area contributed by atoms with Gasteiger partial charge in [-0.05, 0) is 53.6 Å². The lowest BCUT2D eigenvalue weighted by Crippen LogP contribution is -2.17. The number of phenols is 2. The molecule has 0 saturated heterocycles. The van der Waals surface area contributed by atoms with E-state index < -0.39 is 5.91 Å². The molecule has 0 aliphatic carbocycles. The van der Waals surface area contributed by atoms with E-state index in [1.807, 2.05) is 18.2 Å². The predicted molar refractivity (Wildman–Crippen MR) is 120 cm³/mol. The quantitative estimate of drug-likeness (QED) is 0.431. The number of aromatic hydroxyl groups is 2. The van der Waals surface area contributed by atoms with Crippen LogP contribution in [0, 0.1) is 0 Å². The second kappa shape index (κ2) is 7.86. The molecule has 0 radical (unpaired) electrons. The number of amides is 1. The number of hydrogen-bond donors (Lipinski definition) is 3. The van der Waals surface area contributed by atoms with Crippen molar-refractivity contribution < 1.29 is 24.5 Å². The van der Waals surface area contributed by atoms with Crippen LogP contribution in [-0.4, -0.2) is 44.6 Å². The van der Waals surface area contributed by atoms with Gasteiger partial charge in [-0.1, -0.05) is 6.07 Å². The van der Waals surface area contributed by atoms with Gasteiger partial charge in [0.1, 0.15) is 23.0 Å². The van der Waals surface area contributed by atoms with Gasteiger partial charge in [-0.15, -0.1) is 10.2 Å². The van der Waals surface area contributed by atoms with Crippen LogP contribution in [0.1, 0.15) is 16.2 Å². The van der Waals surface area contributed by atoms with E-state index in [4.69, 9.17) is 15.2 Å². The largest absolute Gasteiger partial charge is 0.507 e. The van der Waals surface area contributed by atoms with E-state index in [0.29, 0.717) is 23.6 Å². The van der Waals surface area contributed by atoms with Gasteiger partial charge in [-0.3, -0.25) is 9.36 Å². The van der Waals surface area contributed by atoms with Crippen molar-refractivity contribution in [3.63, 3.8) is 0 Å². The number of benzene rings is 3. The minimum atomic E-state index is -0.776. The zero-order chi connectivity index (χ0) is 23.1. The van der Waals surface area contributed by atoms with Crippen LogP contribution in [0.2, 0.25) is 0 Å². The van der Waals surface area contributed by atoms with Gasteiger partial charge in [0.15, 0.2) is 5.82 Å². The highest BCUT2D eigenvalue weighted by Crippen LogP contribution is 2.41. The SMILES string of the molecule is COc1ccc(-n2c(C(N)=O)nnc2-c2cc(-c3ccc4c(c3)CCO4)c(O)cc2O)cc1. The Morgan fingerprint density at radius 3 is 2.52 bits per heavy atom. The van der Waals surface area contributed by atoms with E-state index in [-0.39, 0.29) is 28.7 Å². The lowest BCUT2D eigenvalue weighted by atomic mass is 9.98. The normalized spacial score (nSPS) is 12.3. The van der Waals surface area contributed by atoms with Crippen molar-refractivity contribution in [3.05, 3.63) is 66.0 Å². The molecule has 3 aromatic carbocycles. The molecule has 9 nitrogen and oxygen atoms in total. The molecule has 0 saturated carbocycles. The number of primary amides is 1. The summed E-state index contributed by atoms with van der Waals surface area (Å²) in [6.07, 6.45) is 0.780. The number of ether oxygens (including phenoxy) is 2. The highest BCUT2D eigenvalue weighted by atomic mass is 16.5. The number of nitrogens with two attached hydrogens (primary N) is 1. The number of hydrogen-bond acceptors (Lipinski definition) is 7. The molecule has 0 fully saturated rings. The van der Waals surface area contributed by atoms with Crippen LogP contribution < -0.4 is 15.2 Å². The Morgan fingerprint density at radius 2 is 1.79 bits per heavy atom. The summed E-state index contributed by atoms with van der Waals surface area (Å²) in [6.45, 7) is 0.618. The van der Waals surface area contributed by atoms with E-state index in [1.165, 1.54) is 10.6 Å². The number of nitrogens with zero attached hydrogens (tertiary/aromatic N) is 3. The Bertz CT molecular complexity index is 1380. The maximum atomic E-state index is 12.1. The summed E-state index contributed by atoms with van der Waals surface area (Å²) >= 11 is 0. The zero-order valence-corrected chi connectivity index (χ0v) is 17.6. The van der Waals surface area contributed by atoms with Crippen LogP contribution in [0.3, 0.4) is 0 Å². The zero-order valence-electron chi connectivity index (χ0n) is 17.6. The maximum absolute atomic E-state index is 12.1. The van der Waals surface area contributed by atoms with Crippen LogP contribution in [0.15, 0.2) is 54.6 Å². The summed E-state index contributed by atoms with van der Waals surface area (Å²) in [5.74, 6) is 0.449. The molecule has 2 heterocycles. The number of aromatic nitrogens is 3. The van der Waals surface area contributed by atoms with E-state index in [0.717, 1.165) is 23.3 Å². The van der Waals surface area contributed by atoms with Gasteiger partial charge in [0.05, 0.1) is 19.3 Å². The van der Waals surface area contributed by atoms with Crippen molar-refractivity contribution in [2.45, 2.75) is 6.42 Å². The van der Waals surface area contributed by atoms with Crippen LogP contribution in [-0.2, 0) is 6.42 Å². The van der Waals surface area contributed by atoms with E-state index in [1.54, 1.807) is 37.4 Å². The molecule has 4 N–H and O–H groups in total. The molecule has 0 unspecified atom stereocenters. The first-order chi connectivity index (χ1) is 16.0.